The normalized spacial score (nSPS) is 10.8. The largest absolute Gasteiger partial charge is 0.494 e. The van der Waals surface area contributed by atoms with E-state index in [1.807, 2.05) is 61.5 Å². The van der Waals surface area contributed by atoms with Gasteiger partial charge in [-0.15, -0.1) is 0 Å². The highest BCUT2D eigenvalue weighted by molar-refractivity contribution is 5.95. The topological polar surface area (TPSA) is 69.2 Å². The van der Waals surface area contributed by atoms with Crippen molar-refractivity contribution in [1.82, 2.24) is 5.43 Å². The van der Waals surface area contributed by atoms with E-state index in [4.69, 9.17) is 14.2 Å². The van der Waals surface area contributed by atoms with Gasteiger partial charge in [-0.2, -0.15) is 5.10 Å². The molecule has 3 rings (SSSR count). The van der Waals surface area contributed by atoms with Crippen molar-refractivity contribution in [2.45, 2.75) is 46.1 Å². The lowest BCUT2D eigenvalue weighted by Gasteiger charge is -2.13. The summed E-state index contributed by atoms with van der Waals surface area (Å²) in [6.45, 7) is 5.69. The van der Waals surface area contributed by atoms with Crippen LogP contribution in [0.1, 0.15) is 61.0 Å². The van der Waals surface area contributed by atoms with Crippen LogP contribution in [-0.4, -0.2) is 25.3 Å². The quantitative estimate of drug-likeness (QED) is 0.167. The molecule has 6 nitrogen and oxygen atoms in total. The molecule has 184 valence electrons. The number of hydrogen-bond donors (Lipinski definition) is 1. The van der Waals surface area contributed by atoms with Crippen LogP contribution in [-0.2, 0) is 6.61 Å². The van der Waals surface area contributed by atoms with Crippen LogP contribution in [0.15, 0.2) is 77.9 Å². The number of amides is 1. The Balaban J connectivity index is 1.52. The van der Waals surface area contributed by atoms with Crippen molar-refractivity contribution >= 4 is 12.1 Å². The zero-order chi connectivity index (χ0) is 24.7. The Morgan fingerprint density at radius 3 is 2.40 bits per heavy atom. The first-order chi connectivity index (χ1) is 17.2. The van der Waals surface area contributed by atoms with E-state index < -0.39 is 0 Å². The summed E-state index contributed by atoms with van der Waals surface area (Å²) >= 11 is 0. The second-order valence-electron chi connectivity index (χ2n) is 8.05. The average Bonchev–Trinajstić information content (AvgIpc) is 2.89. The summed E-state index contributed by atoms with van der Waals surface area (Å²) in [5.41, 5.74) is 4.92. The fourth-order valence-electron chi connectivity index (χ4n) is 3.37. The highest BCUT2D eigenvalue weighted by atomic mass is 16.5. The molecule has 6 heteroatoms. The maximum absolute atomic E-state index is 12.6. The number of carbonyl (C=O) groups excluding carboxylic acids is 1. The first-order valence-electron chi connectivity index (χ1n) is 12.2. The Bertz CT molecular complexity index is 1070. The molecular formula is C29H34N2O4. The number of carbonyl (C=O) groups is 1. The molecule has 0 heterocycles. The highest BCUT2D eigenvalue weighted by Gasteiger charge is 2.11. The zero-order valence-electron chi connectivity index (χ0n) is 20.5. The van der Waals surface area contributed by atoms with Gasteiger partial charge >= 0.3 is 0 Å². The third-order valence-electron chi connectivity index (χ3n) is 5.27. The molecule has 0 bridgehead atoms. The molecule has 0 unspecified atom stereocenters. The lowest BCUT2D eigenvalue weighted by atomic mass is 10.2. The summed E-state index contributed by atoms with van der Waals surface area (Å²) in [5.74, 6) is 1.61. The van der Waals surface area contributed by atoms with Gasteiger partial charge in [-0.05, 0) is 66.9 Å². The van der Waals surface area contributed by atoms with Crippen LogP contribution in [0.25, 0.3) is 0 Å². The van der Waals surface area contributed by atoms with Gasteiger partial charge in [0.1, 0.15) is 12.4 Å². The molecule has 3 aromatic carbocycles. The smallest absolute Gasteiger partial charge is 0.271 e. The van der Waals surface area contributed by atoms with Gasteiger partial charge in [-0.25, -0.2) is 5.43 Å². The van der Waals surface area contributed by atoms with Crippen molar-refractivity contribution < 1.29 is 19.0 Å². The van der Waals surface area contributed by atoms with Crippen molar-refractivity contribution in [3.8, 4) is 17.2 Å². The fraction of sp³-hybridized carbons (Fsp3) is 0.310. The van der Waals surface area contributed by atoms with E-state index in [2.05, 4.69) is 17.5 Å². The number of nitrogens with zero attached hydrogens (tertiary/aromatic N) is 1. The molecule has 0 spiro atoms. The van der Waals surface area contributed by atoms with Gasteiger partial charge in [0, 0.05) is 5.56 Å². The number of ether oxygens (including phenoxy) is 3. The van der Waals surface area contributed by atoms with Crippen LogP contribution >= 0.6 is 0 Å². The Morgan fingerprint density at radius 1 is 0.857 bits per heavy atom. The molecule has 1 N–H and O–H groups in total. The molecule has 0 saturated heterocycles. The monoisotopic (exact) mass is 474 g/mol. The Hall–Kier alpha value is -3.80. The van der Waals surface area contributed by atoms with E-state index >= 15 is 0 Å². The van der Waals surface area contributed by atoms with Gasteiger partial charge < -0.3 is 14.2 Å². The molecule has 0 aliphatic carbocycles. The van der Waals surface area contributed by atoms with Crippen LogP contribution in [0.5, 0.6) is 17.2 Å². The van der Waals surface area contributed by atoms with Crippen molar-refractivity contribution in [1.29, 1.82) is 0 Å². The molecule has 0 fully saturated rings. The molecule has 0 atom stereocenters. The Labute approximate surface area is 207 Å². The average molecular weight is 475 g/mol. The predicted octanol–water partition coefficient (Wildman–Crippen LogP) is 6.39. The Kier molecular flexibility index (Phi) is 10.7. The maximum Gasteiger partial charge on any atom is 0.271 e. The minimum absolute atomic E-state index is 0.330. The van der Waals surface area contributed by atoms with Crippen molar-refractivity contribution in [2.75, 3.05) is 13.2 Å². The second kappa shape index (κ2) is 14.5. The van der Waals surface area contributed by atoms with Crippen LogP contribution < -0.4 is 19.6 Å². The van der Waals surface area contributed by atoms with E-state index in [-0.39, 0.29) is 5.91 Å². The van der Waals surface area contributed by atoms with Crippen LogP contribution in [0.4, 0.5) is 0 Å². The van der Waals surface area contributed by atoms with Gasteiger partial charge in [-0.1, -0.05) is 56.5 Å². The summed E-state index contributed by atoms with van der Waals surface area (Å²) in [7, 11) is 0. The molecule has 1 amide bonds. The van der Waals surface area contributed by atoms with Gasteiger partial charge in [0.15, 0.2) is 11.5 Å². The summed E-state index contributed by atoms with van der Waals surface area (Å²) < 4.78 is 17.4. The lowest BCUT2D eigenvalue weighted by Crippen LogP contribution is -2.17. The molecular weight excluding hydrogens is 440 g/mol. The predicted molar refractivity (Wildman–Crippen MR) is 140 cm³/mol. The fourth-order valence-corrected chi connectivity index (χ4v) is 3.37. The van der Waals surface area contributed by atoms with Gasteiger partial charge in [0.05, 0.1) is 19.4 Å². The third kappa shape index (κ3) is 8.81. The minimum Gasteiger partial charge on any atom is -0.494 e. The maximum atomic E-state index is 12.6. The number of nitrogens with one attached hydrogen (secondary N) is 1. The third-order valence-corrected chi connectivity index (χ3v) is 5.27. The van der Waals surface area contributed by atoms with Gasteiger partial charge in [0.25, 0.3) is 5.91 Å². The van der Waals surface area contributed by atoms with E-state index in [1.54, 1.807) is 24.4 Å². The summed E-state index contributed by atoms with van der Waals surface area (Å²) in [4.78, 5) is 12.6. The first kappa shape index (κ1) is 25.8. The molecule has 0 aliphatic heterocycles. The summed E-state index contributed by atoms with van der Waals surface area (Å²) in [6.07, 6.45) is 6.31. The van der Waals surface area contributed by atoms with E-state index in [0.717, 1.165) is 29.9 Å². The molecule has 35 heavy (non-hydrogen) atoms. The highest BCUT2D eigenvalue weighted by Crippen LogP contribution is 2.29. The summed E-state index contributed by atoms with van der Waals surface area (Å²) in [5, 5.41) is 4.08. The minimum atomic E-state index is -0.330. The van der Waals surface area contributed by atoms with Crippen molar-refractivity contribution in [2.24, 2.45) is 5.10 Å². The van der Waals surface area contributed by atoms with E-state index in [1.165, 1.54) is 19.3 Å². The SMILES string of the molecule is CCCCCCOc1ccc(/C=N/NC(=O)c2ccc(OCc3ccccc3)c(OCC)c2)cc1. The lowest BCUT2D eigenvalue weighted by molar-refractivity contribution is 0.0954. The number of hydrazone groups is 1. The number of hydrogen-bond acceptors (Lipinski definition) is 5. The molecule has 3 aromatic rings. The number of unbranched alkanes of at least 4 members (excludes halogenated alkanes) is 3. The van der Waals surface area contributed by atoms with Crippen LogP contribution in [0.2, 0.25) is 0 Å². The standard InChI is InChI=1S/C29H34N2O4/c1-3-5-6-10-19-34-26-16-13-23(14-17-26)21-30-31-29(32)25-15-18-27(28(20-25)33-4-2)35-22-24-11-8-7-9-12-24/h7-9,11-18,20-21H,3-6,10,19,22H2,1-2H3,(H,31,32)/b30-21+. The zero-order valence-corrected chi connectivity index (χ0v) is 20.5. The molecule has 0 saturated carbocycles. The van der Waals surface area contributed by atoms with Crippen LogP contribution in [0.3, 0.4) is 0 Å². The van der Waals surface area contributed by atoms with Crippen molar-refractivity contribution in [3.05, 3.63) is 89.5 Å². The van der Waals surface area contributed by atoms with E-state index in [9.17, 15) is 4.79 Å². The molecule has 0 aliphatic rings. The molecule has 0 aromatic heterocycles. The van der Waals surface area contributed by atoms with Crippen LogP contribution in [0, 0.1) is 0 Å². The number of benzene rings is 3. The first-order valence-corrected chi connectivity index (χ1v) is 12.2. The Morgan fingerprint density at radius 2 is 1.66 bits per heavy atom. The van der Waals surface area contributed by atoms with Gasteiger partial charge in [0.2, 0.25) is 0 Å². The van der Waals surface area contributed by atoms with Gasteiger partial charge in [-0.3, -0.25) is 4.79 Å². The molecule has 0 radical (unpaired) electrons. The van der Waals surface area contributed by atoms with E-state index in [0.29, 0.717) is 30.3 Å². The second-order valence-corrected chi connectivity index (χ2v) is 8.05. The van der Waals surface area contributed by atoms with Crippen molar-refractivity contribution in [3.63, 3.8) is 0 Å². The number of rotatable bonds is 14. The summed E-state index contributed by atoms with van der Waals surface area (Å²) in [6, 6.07) is 22.6.